The van der Waals surface area contributed by atoms with E-state index < -0.39 is 0 Å². The van der Waals surface area contributed by atoms with E-state index in [1.54, 1.807) is 30.3 Å². The summed E-state index contributed by atoms with van der Waals surface area (Å²) in [4.78, 5) is 13.0. The first-order valence-corrected chi connectivity index (χ1v) is 8.56. The Hall–Kier alpha value is -2.31. The molecule has 0 atom stereocenters. The number of amides is 1. The second-order valence-corrected chi connectivity index (χ2v) is 6.02. The van der Waals surface area contributed by atoms with Gasteiger partial charge < -0.3 is 14.8 Å². The topological polar surface area (TPSA) is 47.6 Å². The fourth-order valence-corrected chi connectivity index (χ4v) is 2.46. The molecule has 0 aliphatic heterocycles. The summed E-state index contributed by atoms with van der Waals surface area (Å²) in [6.45, 7) is 4.24. The van der Waals surface area contributed by atoms with Crippen molar-refractivity contribution in [1.82, 2.24) is 5.32 Å². The van der Waals surface area contributed by atoms with Crippen LogP contribution in [0.25, 0.3) is 0 Å². The van der Waals surface area contributed by atoms with Crippen LogP contribution in [-0.2, 0) is 4.74 Å². The number of aryl methyl sites for hydroxylation is 1. The van der Waals surface area contributed by atoms with Crippen molar-refractivity contribution in [3.05, 3.63) is 71.6 Å². The quantitative estimate of drug-likeness (QED) is 0.343. The maximum atomic E-state index is 12.3. The maximum absolute atomic E-state index is 12.3. The number of carbonyl (C=O) groups is 1. The first-order chi connectivity index (χ1) is 12.0. The van der Waals surface area contributed by atoms with Crippen LogP contribution in [0.15, 0.2) is 65.4 Å². The van der Waals surface area contributed by atoms with Gasteiger partial charge in [0, 0.05) is 10.5 Å². The first kappa shape index (κ1) is 19.0. The third-order valence-electron chi connectivity index (χ3n) is 3.19. The molecule has 1 N–H and O–H groups in total. The molecule has 130 valence electrons. The molecular weight excluding hydrogens is 354 g/mol. The number of rotatable bonds is 6. The van der Waals surface area contributed by atoms with Gasteiger partial charge in [0.2, 0.25) is 5.05 Å². The summed E-state index contributed by atoms with van der Waals surface area (Å²) >= 11 is 9.70. The van der Waals surface area contributed by atoms with Crippen molar-refractivity contribution in [2.75, 3.05) is 6.61 Å². The molecule has 0 saturated heterocycles. The Morgan fingerprint density at radius 3 is 2.60 bits per heavy atom. The second-order valence-electron chi connectivity index (χ2n) is 5.17. The molecule has 0 heterocycles. The Morgan fingerprint density at radius 1 is 1.24 bits per heavy atom. The molecule has 0 unspecified atom stereocenters. The van der Waals surface area contributed by atoms with Crippen molar-refractivity contribution in [3.8, 4) is 5.75 Å². The molecule has 2 rings (SSSR count). The molecule has 0 saturated carbocycles. The zero-order valence-corrected chi connectivity index (χ0v) is 15.7. The van der Waals surface area contributed by atoms with E-state index in [4.69, 9.17) is 21.7 Å². The Morgan fingerprint density at radius 2 is 1.96 bits per heavy atom. The van der Waals surface area contributed by atoms with Gasteiger partial charge in [-0.15, -0.1) is 12.6 Å². The monoisotopic (exact) mass is 373 g/mol. The molecule has 0 bridgehead atoms. The molecule has 0 radical (unpaired) electrons. The standard InChI is InChI=1S/C19H19NO3S2/c1-3-22-12-15(20-18(21)14-7-5-4-6-8-14)19(25)23-16-10-9-13(2)11-17(16)24/h4-12,24H,3H2,1-2H3,(H,20,21). The van der Waals surface area contributed by atoms with Crippen LogP contribution in [0.5, 0.6) is 5.75 Å². The lowest BCUT2D eigenvalue weighted by Gasteiger charge is -2.14. The fourth-order valence-electron chi connectivity index (χ4n) is 1.95. The van der Waals surface area contributed by atoms with Gasteiger partial charge in [-0.3, -0.25) is 4.79 Å². The second kappa shape index (κ2) is 9.25. The van der Waals surface area contributed by atoms with Gasteiger partial charge in [-0.25, -0.2) is 0 Å². The summed E-state index contributed by atoms with van der Waals surface area (Å²) in [5.74, 6) is 0.211. The van der Waals surface area contributed by atoms with Crippen LogP contribution in [0, 0.1) is 6.92 Å². The van der Waals surface area contributed by atoms with Crippen molar-refractivity contribution < 1.29 is 14.3 Å². The van der Waals surface area contributed by atoms with Gasteiger partial charge in [0.05, 0.1) is 6.61 Å². The van der Waals surface area contributed by atoms with Gasteiger partial charge >= 0.3 is 0 Å². The van der Waals surface area contributed by atoms with Gasteiger partial charge in [-0.1, -0.05) is 24.3 Å². The molecule has 2 aromatic carbocycles. The predicted molar refractivity (Wildman–Crippen MR) is 105 cm³/mol. The zero-order valence-electron chi connectivity index (χ0n) is 14.0. The van der Waals surface area contributed by atoms with Gasteiger partial charge in [0.1, 0.15) is 17.7 Å². The van der Waals surface area contributed by atoms with Crippen molar-refractivity contribution in [3.63, 3.8) is 0 Å². The van der Waals surface area contributed by atoms with Gasteiger partial charge in [0.15, 0.2) is 0 Å². The number of thiocarbonyl (C=S) groups is 1. The van der Waals surface area contributed by atoms with E-state index in [0.29, 0.717) is 22.8 Å². The number of ether oxygens (including phenoxy) is 2. The molecule has 25 heavy (non-hydrogen) atoms. The number of carbonyl (C=O) groups excluding carboxylic acids is 1. The van der Waals surface area contributed by atoms with Crippen molar-refractivity contribution in [2.24, 2.45) is 0 Å². The van der Waals surface area contributed by atoms with E-state index >= 15 is 0 Å². The highest BCUT2D eigenvalue weighted by molar-refractivity contribution is 7.80. The Labute approximate surface area is 158 Å². The highest BCUT2D eigenvalue weighted by Crippen LogP contribution is 2.24. The molecular formula is C19H19NO3S2. The predicted octanol–water partition coefficient (Wildman–Crippen LogP) is 4.30. The van der Waals surface area contributed by atoms with Crippen LogP contribution in [0.1, 0.15) is 22.8 Å². The van der Waals surface area contributed by atoms with Crippen LogP contribution in [0.3, 0.4) is 0 Å². The Bertz CT molecular complexity index is 789. The highest BCUT2D eigenvalue weighted by atomic mass is 32.1. The molecule has 6 heteroatoms. The van der Waals surface area contributed by atoms with Crippen LogP contribution in [0.4, 0.5) is 0 Å². The lowest BCUT2D eigenvalue weighted by molar-refractivity contribution is 0.0965. The summed E-state index contributed by atoms with van der Waals surface area (Å²) in [6, 6.07) is 14.4. The van der Waals surface area contributed by atoms with Gasteiger partial charge in [-0.05, 0) is 55.9 Å². The molecule has 0 spiro atoms. The van der Waals surface area contributed by atoms with Crippen LogP contribution >= 0.6 is 24.8 Å². The average molecular weight is 373 g/mol. The van der Waals surface area contributed by atoms with E-state index in [9.17, 15) is 4.79 Å². The molecule has 1 amide bonds. The number of hydrogen-bond donors (Lipinski definition) is 2. The lowest BCUT2D eigenvalue weighted by atomic mass is 10.2. The maximum Gasteiger partial charge on any atom is 0.255 e. The highest BCUT2D eigenvalue weighted by Gasteiger charge is 2.15. The van der Waals surface area contributed by atoms with E-state index in [2.05, 4.69) is 17.9 Å². The van der Waals surface area contributed by atoms with Crippen molar-refractivity contribution in [2.45, 2.75) is 18.7 Å². The summed E-state index contributed by atoms with van der Waals surface area (Å²) < 4.78 is 11.0. The number of benzene rings is 2. The third kappa shape index (κ3) is 5.62. The van der Waals surface area contributed by atoms with Crippen molar-refractivity contribution >= 4 is 35.8 Å². The number of thiol groups is 1. The van der Waals surface area contributed by atoms with Crippen LogP contribution in [0.2, 0.25) is 0 Å². The Kier molecular flexibility index (Phi) is 7.03. The van der Waals surface area contributed by atoms with E-state index in [-0.39, 0.29) is 16.7 Å². The van der Waals surface area contributed by atoms with Gasteiger partial charge in [-0.2, -0.15) is 0 Å². The van der Waals surface area contributed by atoms with E-state index in [1.807, 2.05) is 32.0 Å². The minimum atomic E-state index is -0.299. The summed E-state index contributed by atoms with van der Waals surface area (Å²) in [5.41, 5.74) is 1.85. The van der Waals surface area contributed by atoms with Crippen molar-refractivity contribution in [1.29, 1.82) is 0 Å². The van der Waals surface area contributed by atoms with Crippen LogP contribution < -0.4 is 10.1 Å². The molecule has 0 fully saturated rings. The van der Waals surface area contributed by atoms with Crippen LogP contribution in [-0.4, -0.2) is 17.6 Å². The lowest BCUT2D eigenvalue weighted by Crippen LogP contribution is -2.29. The fraction of sp³-hybridized carbons (Fsp3) is 0.158. The summed E-state index contributed by atoms with van der Waals surface area (Å²) in [6.07, 6.45) is 1.38. The smallest absolute Gasteiger partial charge is 0.255 e. The normalized spacial score (nSPS) is 10.9. The average Bonchev–Trinajstić information content (AvgIpc) is 2.61. The zero-order chi connectivity index (χ0) is 18.2. The molecule has 0 aliphatic carbocycles. The molecule has 4 nitrogen and oxygen atoms in total. The number of hydrogen-bond acceptors (Lipinski definition) is 5. The van der Waals surface area contributed by atoms with E-state index in [1.165, 1.54) is 6.26 Å². The Balaban J connectivity index is 2.16. The first-order valence-electron chi connectivity index (χ1n) is 7.71. The summed E-state index contributed by atoms with van der Waals surface area (Å²) in [7, 11) is 0. The largest absolute Gasteiger partial charge is 0.499 e. The molecule has 2 aromatic rings. The molecule has 0 aromatic heterocycles. The van der Waals surface area contributed by atoms with Gasteiger partial charge in [0.25, 0.3) is 5.91 Å². The minimum absolute atomic E-state index is 0.0943. The SMILES string of the molecule is CCOC=C(NC(=O)c1ccccc1)C(=S)Oc1ccc(C)cc1S. The number of nitrogens with one attached hydrogen (secondary N) is 1. The minimum Gasteiger partial charge on any atom is -0.499 e. The third-order valence-corrected chi connectivity index (χ3v) is 3.84. The van der Waals surface area contributed by atoms with E-state index in [0.717, 1.165) is 5.56 Å². The molecule has 0 aliphatic rings. The summed E-state index contributed by atoms with van der Waals surface area (Å²) in [5, 5.41) is 2.82.